The highest BCUT2D eigenvalue weighted by molar-refractivity contribution is 7.89. The molecule has 0 spiro atoms. The van der Waals surface area contributed by atoms with Crippen LogP contribution in [-0.2, 0) is 14.8 Å². The Balaban J connectivity index is 1.60. The summed E-state index contributed by atoms with van der Waals surface area (Å²) < 4.78 is 53.7. The number of carbonyl (C=O) groups excluding carboxylic acids is 1. The first-order valence-electron chi connectivity index (χ1n) is 7.74. The van der Waals surface area contributed by atoms with E-state index >= 15 is 0 Å². The van der Waals surface area contributed by atoms with Gasteiger partial charge in [0, 0.05) is 37.8 Å². The summed E-state index contributed by atoms with van der Waals surface area (Å²) in [7, 11) is -4.27. The van der Waals surface area contributed by atoms with E-state index < -0.39 is 26.6 Å². The number of anilines is 1. The normalized spacial score (nSPS) is 16.5. The molecule has 26 heavy (non-hydrogen) atoms. The summed E-state index contributed by atoms with van der Waals surface area (Å²) in [4.78, 5) is 16.7. The predicted molar refractivity (Wildman–Crippen MR) is 92.3 cm³/mol. The van der Waals surface area contributed by atoms with Crippen LogP contribution < -0.4 is 5.32 Å². The zero-order chi connectivity index (χ0) is 18.7. The first-order valence-corrected chi connectivity index (χ1v) is 10.1. The molecule has 1 saturated heterocycles. The zero-order valence-electron chi connectivity index (χ0n) is 13.6. The summed E-state index contributed by atoms with van der Waals surface area (Å²) in [6, 6.07) is 2.94. The van der Waals surface area contributed by atoms with Crippen molar-refractivity contribution >= 4 is 32.4 Å². The molecule has 1 aromatic heterocycles. The van der Waals surface area contributed by atoms with E-state index in [-0.39, 0.29) is 38.6 Å². The highest BCUT2D eigenvalue weighted by atomic mass is 32.2. The summed E-state index contributed by atoms with van der Waals surface area (Å²) in [6.07, 6.45) is 1.58. The Labute approximate surface area is 153 Å². The van der Waals surface area contributed by atoms with Crippen molar-refractivity contribution in [2.75, 3.05) is 38.0 Å². The number of carbonyl (C=O) groups is 1. The molecule has 11 heteroatoms. The fraction of sp³-hybridized carbons (Fsp3) is 0.333. The van der Waals surface area contributed by atoms with E-state index in [1.54, 1.807) is 16.5 Å². The van der Waals surface area contributed by atoms with Gasteiger partial charge in [-0.3, -0.25) is 9.69 Å². The topological polar surface area (TPSA) is 82.6 Å². The van der Waals surface area contributed by atoms with Gasteiger partial charge in [-0.2, -0.15) is 4.31 Å². The minimum atomic E-state index is -4.27. The third kappa shape index (κ3) is 4.06. The number of benzene rings is 1. The second kappa shape index (κ2) is 7.74. The van der Waals surface area contributed by atoms with Crippen LogP contribution in [0.5, 0.6) is 0 Å². The lowest BCUT2D eigenvalue weighted by molar-refractivity contribution is -0.117. The van der Waals surface area contributed by atoms with Crippen LogP contribution >= 0.6 is 11.3 Å². The van der Waals surface area contributed by atoms with Crippen LogP contribution in [0.3, 0.4) is 0 Å². The third-order valence-electron chi connectivity index (χ3n) is 3.89. The largest absolute Gasteiger partial charge is 0.301 e. The Kier molecular flexibility index (Phi) is 5.61. The summed E-state index contributed by atoms with van der Waals surface area (Å²) >= 11 is 1.30. The zero-order valence-corrected chi connectivity index (χ0v) is 15.2. The number of amides is 1. The number of hydrogen-bond donors (Lipinski definition) is 1. The lowest BCUT2D eigenvalue weighted by Crippen LogP contribution is -2.50. The summed E-state index contributed by atoms with van der Waals surface area (Å²) in [5, 5.41) is 4.88. The fourth-order valence-corrected chi connectivity index (χ4v) is 4.71. The third-order valence-corrected chi connectivity index (χ3v) is 6.53. The Morgan fingerprint density at radius 2 is 1.85 bits per heavy atom. The molecule has 1 fully saturated rings. The van der Waals surface area contributed by atoms with Crippen LogP contribution in [-0.4, -0.2) is 61.2 Å². The van der Waals surface area contributed by atoms with Gasteiger partial charge in [-0.25, -0.2) is 22.2 Å². The smallest absolute Gasteiger partial charge is 0.249 e. The molecule has 0 atom stereocenters. The molecule has 0 radical (unpaired) electrons. The van der Waals surface area contributed by atoms with E-state index in [0.717, 1.165) is 22.5 Å². The first-order chi connectivity index (χ1) is 12.4. The molecule has 1 amide bonds. The Morgan fingerprint density at radius 3 is 2.42 bits per heavy atom. The van der Waals surface area contributed by atoms with Gasteiger partial charge in [0.1, 0.15) is 11.6 Å². The maximum absolute atomic E-state index is 13.8. The molecule has 7 nitrogen and oxygen atoms in total. The van der Waals surface area contributed by atoms with Crippen molar-refractivity contribution in [3.8, 4) is 0 Å². The van der Waals surface area contributed by atoms with Gasteiger partial charge in [0.15, 0.2) is 10.0 Å². The predicted octanol–water partition coefficient (Wildman–Crippen LogP) is 1.37. The molecule has 1 aliphatic rings. The van der Waals surface area contributed by atoms with E-state index in [4.69, 9.17) is 0 Å². The molecule has 1 aromatic carbocycles. The number of rotatable bonds is 5. The monoisotopic (exact) mass is 402 g/mol. The van der Waals surface area contributed by atoms with E-state index in [2.05, 4.69) is 10.3 Å². The van der Waals surface area contributed by atoms with Crippen molar-refractivity contribution in [2.45, 2.75) is 4.90 Å². The van der Waals surface area contributed by atoms with Gasteiger partial charge in [-0.1, -0.05) is 6.07 Å². The van der Waals surface area contributed by atoms with E-state index in [0.29, 0.717) is 5.13 Å². The van der Waals surface area contributed by atoms with Crippen molar-refractivity contribution in [2.24, 2.45) is 0 Å². The van der Waals surface area contributed by atoms with Crippen LogP contribution in [0, 0.1) is 11.6 Å². The summed E-state index contributed by atoms with van der Waals surface area (Å²) in [6.45, 7) is 0.726. The van der Waals surface area contributed by atoms with Crippen molar-refractivity contribution in [1.29, 1.82) is 0 Å². The van der Waals surface area contributed by atoms with Crippen molar-refractivity contribution < 1.29 is 22.0 Å². The molecule has 3 rings (SSSR count). The van der Waals surface area contributed by atoms with E-state index in [1.165, 1.54) is 11.3 Å². The molecule has 2 heterocycles. The number of nitrogens with zero attached hydrogens (tertiary/aromatic N) is 3. The van der Waals surface area contributed by atoms with Gasteiger partial charge in [0.25, 0.3) is 0 Å². The van der Waals surface area contributed by atoms with Crippen LogP contribution in [0.1, 0.15) is 0 Å². The van der Waals surface area contributed by atoms with Gasteiger partial charge < -0.3 is 5.32 Å². The van der Waals surface area contributed by atoms with Crippen molar-refractivity contribution in [3.05, 3.63) is 41.4 Å². The Bertz CT molecular complexity index is 862. The average molecular weight is 402 g/mol. The van der Waals surface area contributed by atoms with Gasteiger partial charge in [-0.05, 0) is 12.1 Å². The summed E-state index contributed by atoms with van der Waals surface area (Å²) in [5.74, 6) is -2.48. The van der Waals surface area contributed by atoms with Gasteiger partial charge in [0.2, 0.25) is 15.9 Å². The quantitative estimate of drug-likeness (QED) is 0.817. The molecule has 0 saturated carbocycles. The van der Waals surface area contributed by atoms with Crippen molar-refractivity contribution in [1.82, 2.24) is 14.2 Å². The van der Waals surface area contributed by atoms with E-state index in [9.17, 15) is 22.0 Å². The molecule has 1 N–H and O–H groups in total. The molecule has 0 aliphatic carbocycles. The Morgan fingerprint density at radius 1 is 1.19 bits per heavy atom. The van der Waals surface area contributed by atoms with Gasteiger partial charge >= 0.3 is 0 Å². The minimum Gasteiger partial charge on any atom is -0.301 e. The van der Waals surface area contributed by atoms with Gasteiger partial charge in [0.05, 0.1) is 6.54 Å². The number of hydrogen-bond acceptors (Lipinski definition) is 6. The SMILES string of the molecule is O=C(CN1CCN(S(=O)(=O)c2c(F)cccc2F)CC1)Nc1nccs1. The lowest BCUT2D eigenvalue weighted by atomic mass is 10.3. The summed E-state index contributed by atoms with van der Waals surface area (Å²) in [5.41, 5.74) is 0. The fourth-order valence-electron chi connectivity index (χ4n) is 2.63. The molecular weight excluding hydrogens is 386 g/mol. The van der Waals surface area contributed by atoms with Crippen LogP contribution in [0.2, 0.25) is 0 Å². The maximum Gasteiger partial charge on any atom is 0.249 e. The number of aromatic nitrogens is 1. The second-order valence-corrected chi connectivity index (χ2v) is 8.39. The second-order valence-electron chi connectivity index (χ2n) is 5.62. The number of halogens is 2. The van der Waals surface area contributed by atoms with Gasteiger partial charge in [-0.15, -0.1) is 11.3 Å². The van der Waals surface area contributed by atoms with E-state index in [1.807, 2.05) is 0 Å². The highest BCUT2D eigenvalue weighted by Gasteiger charge is 2.33. The van der Waals surface area contributed by atoms with Crippen LogP contribution in [0.15, 0.2) is 34.7 Å². The average Bonchev–Trinajstić information content (AvgIpc) is 3.07. The lowest BCUT2D eigenvalue weighted by Gasteiger charge is -2.33. The van der Waals surface area contributed by atoms with Crippen molar-refractivity contribution in [3.63, 3.8) is 0 Å². The molecule has 0 bridgehead atoms. The molecule has 0 unspecified atom stereocenters. The minimum absolute atomic E-state index is 0.0423. The number of piperazine rings is 1. The number of thiazole rings is 1. The molecule has 2 aromatic rings. The highest BCUT2D eigenvalue weighted by Crippen LogP contribution is 2.23. The first kappa shape index (κ1) is 18.8. The number of sulfonamides is 1. The van der Waals surface area contributed by atoms with Crippen LogP contribution in [0.25, 0.3) is 0 Å². The number of nitrogens with one attached hydrogen (secondary N) is 1. The molecular formula is C15H16F2N4O3S2. The molecule has 140 valence electrons. The standard InChI is InChI=1S/C15H16F2N4O3S2/c16-11-2-1-3-12(17)14(11)26(23,24)21-7-5-20(6-8-21)10-13(22)19-15-18-4-9-25-15/h1-4,9H,5-8,10H2,(H,18,19,22). The maximum atomic E-state index is 13.8. The molecule has 1 aliphatic heterocycles. The Hall–Kier alpha value is -1.95. The van der Waals surface area contributed by atoms with Crippen LogP contribution in [0.4, 0.5) is 13.9 Å².